The fourth-order valence-corrected chi connectivity index (χ4v) is 2.68. The largest absolute Gasteiger partial charge is 0.437 e. The topological polar surface area (TPSA) is 38.4 Å². The molecule has 0 saturated carbocycles. The monoisotopic (exact) mass is 290 g/mol. The van der Waals surface area contributed by atoms with Crippen molar-refractivity contribution in [2.24, 2.45) is 4.99 Å². The highest BCUT2D eigenvalue weighted by atomic mass is 16.3. The lowest BCUT2D eigenvalue weighted by Gasteiger charge is -2.06. The molecule has 0 saturated heterocycles. The third-order valence-electron chi connectivity index (χ3n) is 3.71. The first kappa shape index (κ1) is 14.3. The Kier molecular flexibility index (Phi) is 3.88. The number of pyridine rings is 1. The number of benzene rings is 1. The summed E-state index contributed by atoms with van der Waals surface area (Å²) in [5.41, 5.74) is 5.07. The smallest absolute Gasteiger partial charge is 0.227 e. The van der Waals surface area contributed by atoms with Crippen LogP contribution in [-0.2, 0) is 0 Å². The van der Waals surface area contributed by atoms with Crippen LogP contribution in [0.5, 0.6) is 0 Å². The zero-order valence-electron chi connectivity index (χ0n) is 13.0. The van der Waals surface area contributed by atoms with Gasteiger partial charge in [-0.1, -0.05) is 24.3 Å². The van der Waals surface area contributed by atoms with Gasteiger partial charge in [0.1, 0.15) is 5.58 Å². The SMILES string of the molecule is C/N=C/C=C\C=C(/C)c1c(C)ccc2c1oc1ncccc12. The van der Waals surface area contributed by atoms with Gasteiger partial charge in [0, 0.05) is 35.8 Å². The summed E-state index contributed by atoms with van der Waals surface area (Å²) < 4.78 is 6.01. The molecule has 0 aliphatic carbocycles. The lowest BCUT2D eigenvalue weighted by Crippen LogP contribution is -1.86. The van der Waals surface area contributed by atoms with Gasteiger partial charge in [-0.3, -0.25) is 4.99 Å². The van der Waals surface area contributed by atoms with Crippen LogP contribution in [0.3, 0.4) is 0 Å². The van der Waals surface area contributed by atoms with Crippen LogP contribution < -0.4 is 0 Å². The summed E-state index contributed by atoms with van der Waals surface area (Å²) in [6, 6.07) is 8.22. The van der Waals surface area contributed by atoms with E-state index >= 15 is 0 Å². The van der Waals surface area contributed by atoms with Crippen LogP contribution >= 0.6 is 0 Å². The van der Waals surface area contributed by atoms with Gasteiger partial charge in [-0.05, 0) is 43.2 Å². The average molecular weight is 290 g/mol. The lowest BCUT2D eigenvalue weighted by atomic mass is 9.98. The summed E-state index contributed by atoms with van der Waals surface area (Å²) in [5, 5.41) is 2.16. The minimum Gasteiger partial charge on any atom is -0.437 e. The van der Waals surface area contributed by atoms with E-state index in [1.54, 1.807) is 19.5 Å². The molecule has 2 heterocycles. The maximum atomic E-state index is 6.01. The van der Waals surface area contributed by atoms with Crippen molar-refractivity contribution in [1.82, 2.24) is 4.98 Å². The van der Waals surface area contributed by atoms with Gasteiger partial charge in [-0.25, -0.2) is 4.98 Å². The van der Waals surface area contributed by atoms with E-state index in [2.05, 4.69) is 42.0 Å². The normalized spacial score (nSPS) is 13.1. The predicted molar refractivity (Wildman–Crippen MR) is 93.5 cm³/mol. The van der Waals surface area contributed by atoms with Gasteiger partial charge in [0.25, 0.3) is 0 Å². The summed E-state index contributed by atoms with van der Waals surface area (Å²) >= 11 is 0. The molecule has 0 atom stereocenters. The Hall–Kier alpha value is -2.68. The van der Waals surface area contributed by atoms with E-state index < -0.39 is 0 Å². The van der Waals surface area contributed by atoms with Crippen LogP contribution in [0.15, 0.2) is 58.1 Å². The predicted octanol–water partition coefficient (Wildman–Crippen LogP) is 4.95. The number of fused-ring (bicyclic) bond motifs is 3. The molecule has 3 nitrogen and oxygen atoms in total. The van der Waals surface area contributed by atoms with Crippen molar-refractivity contribution in [3.8, 4) is 0 Å². The number of aryl methyl sites for hydroxylation is 1. The van der Waals surface area contributed by atoms with E-state index in [1.165, 1.54) is 5.56 Å². The Bertz CT molecular complexity index is 914. The number of furan rings is 1. The fourth-order valence-electron chi connectivity index (χ4n) is 2.68. The van der Waals surface area contributed by atoms with E-state index in [0.29, 0.717) is 5.71 Å². The highest BCUT2D eigenvalue weighted by Crippen LogP contribution is 2.34. The molecule has 0 radical (unpaired) electrons. The standard InChI is InChI=1S/C19H18N2O/c1-13(7-4-5-11-20-3)17-14(2)9-10-15-16-8-6-12-21-19(16)22-18(15)17/h4-12H,1-3H3/b5-4-,13-7+,20-11+. The highest BCUT2D eigenvalue weighted by molar-refractivity contribution is 6.07. The van der Waals surface area contributed by atoms with Crippen molar-refractivity contribution in [2.45, 2.75) is 13.8 Å². The Morgan fingerprint density at radius 3 is 2.86 bits per heavy atom. The molecule has 0 unspecified atom stereocenters. The summed E-state index contributed by atoms with van der Waals surface area (Å²) in [4.78, 5) is 8.25. The Morgan fingerprint density at radius 2 is 2.05 bits per heavy atom. The molecule has 0 bridgehead atoms. The molecule has 3 aromatic rings. The Morgan fingerprint density at radius 1 is 1.18 bits per heavy atom. The van der Waals surface area contributed by atoms with Gasteiger partial charge in [-0.15, -0.1) is 0 Å². The van der Waals surface area contributed by atoms with Gasteiger partial charge in [0.15, 0.2) is 0 Å². The molecule has 22 heavy (non-hydrogen) atoms. The first-order chi connectivity index (χ1) is 10.7. The Labute approximate surface area is 129 Å². The molecule has 110 valence electrons. The summed E-state index contributed by atoms with van der Waals surface area (Å²) in [6.45, 7) is 4.19. The molecule has 0 amide bonds. The maximum absolute atomic E-state index is 6.01. The molecule has 2 aromatic heterocycles. The average Bonchev–Trinajstić information content (AvgIpc) is 2.89. The van der Waals surface area contributed by atoms with E-state index in [1.807, 2.05) is 24.3 Å². The van der Waals surface area contributed by atoms with Crippen molar-refractivity contribution < 1.29 is 4.42 Å². The summed E-state index contributed by atoms with van der Waals surface area (Å²) in [7, 11) is 1.76. The fraction of sp³-hybridized carbons (Fsp3) is 0.158. The van der Waals surface area contributed by atoms with Crippen molar-refractivity contribution >= 4 is 33.9 Å². The van der Waals surface area contributed by atoms with Gasteiger partial charge in [-0.2, -0.15) is 0 Å². The number of rotatable bonds is 3. The van der Waals surface area contributed by atoms with Crippen LogP contribution in [0.2, 0.25) is 0 Å². The van der Waals surface area contributed by atoms with Crippen molar-refractivity contribution in [3.05, 3.63) is 59.8 Å². The molecular formula is C19H18N2O. The maximum Gasteiger partial charge on any atom is 0.227 e. The lowest BCUT2D eigenvalue weighted by molar-refractivity contribution is 0.652. The second kappa shape index (κ2) is 5.98. The van der Waals surface area contributed by atoms with Crippen LogP contribution in [0.4, 0.5) is 0 Å². The molecule has 3 rings (SSSR count). The van der Waals surface area contributed by atoms with Crippen LogP contribution in [-0.4, -0.2) is 18.2 Å². The molecule has 0 fully saturated rings. The second-order valence-electron chi connectivity index (χ2n) is 5.23. The van der Waals surface area contributed by atoms with Crippen LogP contribution in [0, 0.1) is 6.92 Å². The summed E-state index contributed by atoms with van der Waals surface area (Å²) in [6.07, 6.45) is 9.50. The number of nitrogens with zero attached hydrogens (tertiary/aromatic N) is 2. The quantitative estimate of drug-likeness (QED) is 0.505. The molecule has 0 N–H and O–H groups in total. The zero-order valence-corrected chi connectivity index (χ0v) is 13.0. The zero-order chi connectivity index (χ0) is 15.5. The minimum atomic E-state index is 0.686. The first-order valence-corrected chi connectivity index (χ1v) is 7.25. The van der Waals surface area contributed by atoms with E-state index in [9.17, 15) is 0 Å². The molecule has 1 aromatic carbocycles. The number of aliphatic imine (C=N–C) groups is 1. The number of allylic oxidation sites excluding steroid dienone is 4. The van der Waals surface area contributed by atoms with Crippen LogP contribution in [0.1, 0.15) is 18.1 Å². The molecule has 3 heteroatoms. The minimum absolute atomic E-state index is 0.686. The summed E-state index contributed by atoms with van der Waals surface area (Å²) in [5.74, 6) is 0. The van der Waals surface area contributed by atoms with Crippen LogP contribution in [0.25, 0.3) is 27.6 Å². The first-order valence-electron chi connectivity index (χ1n) is 7.25. The van der Waals surface area contributed by atoms with E-state index in [0.717, 1.165) is 27.5 Å². The number of hydrogen-bond acceptors (Lipinski definition) is 3. The molecular weight excluding hydrogens is 272 g/mol. The number of aromatic nitrogens is 1. The molecule has 0 aliphatic heterocycles. The van der Waals surface area contributed by atoms with Crippen molar-refractivity contribution in [2.75, 3.05) is 7.05 Å². The second-order valence-corrected chi connectivity index (χ2v) is 5.23. The Balaban J connectivity index is 2.22. The molecule has 0 aliphatic rings. The van der Waals surface area contributed by atoms with E-state index in [-0.39, 0.29) is 0 Å². The molecule has 0 spiro atoms. The third-order valence-corrected chi connectivity index (χ3v) is 3.71. The van der Waals surface area contributed by atoms with Gasteiger partial charge in [0.05, 0.1) is 0 Å². The van der Waals surface area contributed by atoms with Gasteiger partial charge in [0.2, 0.25) is 5.71 Å². The van der Waals surface area contributed by atoms with Crippen molar-refractivity contribution in [3.63, 3.8) is 0 Å². The van der Waals surface area contributed by atoms with E-state index in [4.69, 9.17) is 4.42 Å². The van der Waals surface area contributed by atoms with Crippen molar-refractivity contribution in [1.29, 1.82) is 0 Å². The van der Waals surface area contributed by atoms with Gasteiger partial charge >= 0.3 is 0 Å². The highest BCUT2D eigenvalue weighted by Gasteiger charge is 2.14. The van der Waals surface area contributed by atoms with Gasteiger partial charge < -0.3 is 4.42 Å². The number of hydrogen-bond donors (Lipinski definition) is 0. The third kappa shape index (κ3) is 2.46.